The molecule has 0 bridgehead atoms. The van der Waals surface area contributed by atoms with Gasteiger partial charge in [0.15, 0.2) is 0 Å². The Bertz CT molecular complexity index is 596. The summed E-state index contributed by atoms with van der Waals surface area (Å²) < 4.78 is 5.71. The van der Waals surface area contributed by atoms with Gasteiger partial charge in [0.25, 0.3) is 0 Å². The van der Waals surface area contributed by atoms with Crippen molar-refractivity contribution in [3.8, 4) is 5.75 Å². The van der Waals surface area contributed by atoms with E-state index in [-0.39, 0.29) is 0 Å². The summed E-state index contributed by atoms with van der Waals surface area (Å²) in [5.74, 6) is 0.856. The van der Waals surface area contributed by atoms with E-state index in [0.29, 0.717) is 6.61 Å². The summed E-state index contributed by atoms with van der Waals surface area (Å²) in [4.78, 5) is 0. The number of hydrogen-bond acceptors (Lipinski definition) is 2. The maximum atomic E-state index is 5.99. The van der Waals surface area contributed by atoms with Crippen LogP contribution in [0.2, 0.25) is 5.02 Å². The molecule has 0 aliphatic rings. The Labute approximate surface area is 125 Å². The molecule has 0 aliphatic carbocycles. The zero-order valence-corrected chi connectivity index (χ0v) is 12.9. The molecular formula is C17H20ClNO. The molecule has 3 heteroatoms. The molecule has 2 nitrogen and oxygen atoms in total. The van der Waals surface area contributed by atoms with Gasteiger partial charge in [-0.1, -0.05) is 23.7 Å². The van der Waals surface area contributed by atoms with Crippen molar-refractivity contribution in [2.75, 3.05) is 18.5 Å². The first-order valence-corrected chi connectivity index (χ1v) is 7.14. The molecule has 2 rings (SSSR count). The normalized spacial score (nSPS) is 10.4. The van der Waals surface area contributed by atoms with Crippen LogP contribution in [0.3, 0.4) is 0 Å². The van der Waals surface area contributed by atoms with Crippen LogP contribution in [0.15, 0.2) is 36.4 Å². The largest absolute Gasteiger partial charge is 0.492 e. The maximum Gasteiger partial charge on any atom is 0.119 e. The summed E-state index contributed by atoms with van der Waals surface area (Å²) in [6, 6.07) is 12.1. The van der Waals surface area contributed by atoms with E-state index in [9.17, 15) is 0 Å². The van der Waals surface area contributed by atoms with Gasteiger partial charge >= 0.3 is 0 Å². The molecule has 0 atom stereocenters. The Morgan fingerprint density at radius 2 is 1.80 bits per heavy atom. The van der Waals surface area contributed by atoms with Crippen molar-refractivity contribution >= 4 is 17.3 Å². The summed E-state index contributed by atoms with van der Waals surface area (Å²) in [5, 5.41) is 4.17. The summed E-state index contributed by atoms with van der Waals surface area (Å²) in [6.07, 6.45) is 0. The van der Waals surface area contributed by atoms with Crippen LogP contribution in [0.1, 0.15) is 16.7 Å². The Morgan fingerprint density at radius 3 is 2.55 bits per heavy atom. The first-order valence-electron chi connectivity index (χ1n) is 6.76. The minimum absolute atomic E-state index is 0.619. The summed E-state index contributed by atoms with van der Waals surface area (Å²) in [7, 11) is 0. The third-order valence-corrected chi connectivity index (χ3v) is 3.63. The van der Waals surface area contributed by atoms with Crippen LogP contribution in [0.5, 0.6) is 5.75 Å². The minimum Gasteiger partial charge on any atom is -0.492 e. The lowest BCUT2D eigenvalue weighted by molar-refractivity contribution is 0.332. The highest BCUT2D eigenvalue weighted by molar-refractivity contribution is 6.31. The van der Waals surface area contributed by atoms with Crippen LogP contribution in [-0.4, -0.2) is 13.2 Å². The number of benzene rings is 2. The van der Waals surface area contributed by atoms with Crippen LogP contribution in [0, 0.1) is 20.8 Å². The third-order valence-electron chi connectivity index (χ3n) is 3.21. The summed E-state index contributed by atoms with van der Waals surface area (Å²) in [5.41, 5.74) is 4.71. The molecule has 0 aromatic heterocycles. The summed E-state index contributed by atoms with van der Waals surface area (Å²) in [6.45, 7) is 7.56. The number of halogens is 1. The van der Waals surface area contributed by atoms with E-state index in [1.165, 1.54) is 16.8 Å². The molecule has 0 heterocycles. The molecule has 106 valence electrons. The lowest BCUT2D eigenvalue weighted by atomic mass is 10.1. The highest BCUT2D eigenvalue weighted by Crippen LogP contribution is 2.21. The van der Waals surface area contributed by atoms with E-state index in [0.717, 1.165) is 22.9 Å². The maximum absolute atomic E-state index is 5.99. The molecule has 0 fully saturated rings. The molecule has 0 aliphatic heterocycles. The monoisotopic (exact) mass is 289 g/mol. The highest BCUT2D eigenvalue weighted by atomic mass is 35.5. The van der Waals surface area contributed by atoms with Crippen molar-refractivity contribution in [1.82, 2.24) is 0 Å². The average molecular weight is 290 g/mol. The second-order valence-electron chi connectivity index (χ2n) is 5.00. The van der Waals surface area contributed by atoms with Crippen molar-refractivity contribution < 1.29 is 4.74 Å². The van der Waals surface area contributed by atoms with Crippen LogP contribution in [-0.2, 0) is 0 Å². The number of rotatable bonds is 5. The smallest absolute Gasteiger partial charge is 0.119 e. The van der Waals surface area contributed by atoms with E-state index < -0.39 is 0 Å². The molecule has 2 aromatic carbocycles. The Kier molecular flexibility index (Phi) is 4.91. The highest BCUT2D eigenvalue weighted by Gasteiger charge is 2.00. The van der Waals surface area contributed by atoms with E-state index in [1.54, 1.807) is 0 Å². The van der Waals surface area contributed by atoms with Gasteiger partial charge in [-0.05, 0) is 61.7 Å². The molecule has 0 amide bonds. The quantitative estimate of drug-likeness (QED) is 0.802. The molecule has 0 radical (unpaired) electrons. The van der Waals surface area contributed by atoms with Gasteiger partial charge in [-0.15, -0.1) is 0 Å². The Balaban J connectivity index is 1.84. The second-order valence-corrected chi connectivity index (χ2v) is 5.41. The second kappa shape index (κ2) is 6.67. The SMILES string of the molecule is Cc1ccc(C)c(NCCOc2ccc(Cl)c(C)c2)c1. The zero-order chi connectivity index (χ0) is 14.5. The van der Waals surface area contributed by atoms with Gasteiger partial charge in [0.2, 0.25) is 0 Å². The van der Waals surface area contributed by atoms with E-state index >= 15 is 0 Å². The zero-order valence-electron chi connectivity index (χ0n) is 12.2. The van der Waals surface area contributed by atoms with Gasteiger partial charge in [-0.3, -0.25) is 0 Å². The molecule has 0 spiro atoms. The number of aryl methyl sites for hydroxylation is 3. The lowest BCUT2D eigenvalue weighted by Gasteiger charge is -2.12. The minimum atomic E-state index is 0.619. The van der Waals surface area contributed by atoms with E-state index in [2.05, 4.69) is 37.4 Å². The standard InChI is InChI=1S/C17H20ClNO/c1-12-4-5-13(2)17(10-12)19-8-9-20-15-6-7-16(18)14(3)11-15/h4-7,10-11,19H,8-9H2,1-3H3. The van der Waals surface area contributed by atoms with Crippen molar-refractivity contribution in [1.29, 1.82) is 0 Å². The van der Waals surface area contributed by atoms with Gasteiger partial charge in [0.1, 0.15) is 12.4 Å². The van der Waals surface area contributed by atoms with Gasteiger partial charge in [-0.25, -0.2) is 0 Å². The first-order chi connectivity index (χ1) is 9.56. The summed E-state index contributed by atoms with van der Waals surface area (Å²) >= 11 is 5.99. The number of ether oxygens (including phenoxy) is 1. The van der Waals surface area contributed by atoms with Gasteiger partial charge in [-0.2, -0.15) is 0 Å². The van der Waals surface area contributed by atoms with Gasteiger partial charge < -0.3 is 10.1 Å². The predicted octanol–water partition coefficient (Wildman–Crippen LogP) is 4.76. The Morgan fingerprint density at radius 1 is 1.00 bits per heavy atom. The molecule has 1 N–H and O–H groups in total. The third kappa shape index (κ3) is 3.91. The van der Waals surface area contributed by atoms with E-state index in [1.807, 2.05) is 25.1 Å². The van der Waals surface area contributed by atoms with Crippen LogP contribution < -0.4 is 10.1 Å². The molecule has 0 unspecified atom stereocenters. The van der Waals surface area contributed by atoms with Crippen LogP contribution in [0.25, 0.3) is 0 Å². The molecule has 2 aromatic rings. The fourth-order valence-electron chi connectivity index (χ4n) is 1.99. The van der Waals surface area contributed by atoms with Gasteiger partial charge in [0, 0.05) is 17.3 Å². The van der Waals surface area contributed by atoms with Crippen molar-refractivity contribution in [3.63, 3.8) is 0 Å². The van der Waals surface area contributed by atoms with Crippen molar-refractivity contribution in [3.05, 3.63) is 58.1 Å². The van der Waals surface area contributed by atoms with Crippen LogP contribution >= 0.6 is 11.6 Å². The lowest BCUT2D eigenvalue weighted by Crippen LogP contribution is -2.12. The molecular weight excluding hydrogens is 270 g/mol. The molecule has 0 saturated heterocycles. The number of anilines is 1. The first kappa shape index (κ1) is 14.7. The van der Waals surface area contributed by atoms with Gasteiger partial charge in [0.05, 0.1) is 0 Å². The van der Waals surface area contributed by atoms with Crippen LogP contribution in [0.4, 0.5) is 5.69 Å². The molecule has 20 heavy (non-hydrogen) atoms. The van der Waals surface area contributed by atoms with E-state index in [4.69, 9.17) is 16.3 Å². The Hall–Kier alpha value is -1.67. The van der Waals surface area contributed by atoms with Crippen molar-refractivity contribution in [2.45, 2.75) is 20.8 Å². The van der Waals surface area contributed by atoms with Crippen molar-refractivity contribution in [2.24, 2.45) is 0 Å². The number of hydrogen-bond donors (Lipinski definition) is 1. The predicted molar refractivity (Wildman–Crippen MR) is 86.1 cm³/mol. The topological polar surface area (TPSA) is 21.3 Å². The average Bonchev–Trinajstić information content (AvgIpc) is 2.42. The number of nitrogens with one attached hydrogen (secondary N) is 1. The fourth-order valence-corrected chi connectivity index (χ4v) is 2.11. The fraction of sp³-hybridized carbons (Fsp3) is 0.294. The molecule has 0 saturated carbocycles.